The van der Waals surface area contributed by atoms with Crippen molar-refractivity contribution in [2.45, 2.75) is 45.2 Å². The van der Waals surface area contributed by atoms with Gasteiger partial charge in [0.1, 0.15) is 0 Å². The maximum Gasteiger partial charge on any atom is 0.282 e. The molecule has 1 aliphatic rings. The molecule has 0 aromatic carbocycles. The molecule has 0 saturated carbocycles. The lowest BCUT2D eigenvalue weighted by Crippen LogP contribution is -2.55. The van der Waals surface area contributed by atoms with Gasteiger partial charge in [-0.3, -0.25) is 0 Å². The van der Waals surface area contributed by atoms with E-state index >= 15 is 0 Å². The Morgan fingerprint density at radius 1 is 1.47 bits per heavy atom. The van der Waals surface area contributed by atoms with Crippen LogP contribution in [0.2, 0.25) is 0 Å². The molecule has 2 atom stereocenters. The quantitative estimate of drug-likeness (QED) is 0.831. The highest BCUT2D eigenvalue weighted by atomic mass is 35.5. The third-order valence-corrected chi connectivity index (χ3v) is 5.33. The fourth-order valence-corrected chi connectivity index (χ4v) is 3.77. The van der Waals surface area contributed by atoms with Crippen molar-refractivity contribution in [3.05, 3.63) is 0 Å². The average Bonchev–Trinajstić information content (AvgIpc) is 2.27. The van der Waals surface area contributed by atoms with E-state index in [0.717, 1.165) is 19.3 Å². The standard InChI is InChI=1S/C10H23N3O2S.ClH/c1-4-12(3)16(14,15)13-8-6-5-7-10(13)9(2)11;/h9-10H,4-8,11H2,1-3H3;1H. The molecule has 1 heterocycles. The highest BCUT2D eigenvalue weighted by molar-refractivity contribution is 7.86. The van der Waals surface area contributed by atoms with E-state index in [2.05, 4.69) is 0 Å². The fraction of sp³-hybridized carbons (Fsp3) is 1.00. The fourth-order valence-electron chi connectivity index (χ4n) is 2.08. The van der Waals surface area contributed by atoms with Crippen LogP contribution in [0, 0.1) is 0 Å². The van der Waals surface area contributed by atoms with Crippen LogP contribution in [0.25, 0.3) is 0 Å². The molecule has 2 unspecified atom stereocenters. The number of piperidine rings is 1. The Hall–Kier alpha value is 0.120. The van der Waals surface area contributed by atoms with Gasteiger partial charge in [0.25, 0.3) is 10.2 Å². The van der Waals surface area contributed by atoms with Gasteiger partial charge in [-0.25, -0.2) is 0 Å². The summed E-state index contributed by atoms with van der Waals surface area (Å²) in [6.07, 6.45) is 2.86. The van der Waals surface area contributed by atoms with Crippen molar-refractivity contribution in [3.63, 3.8) is 0 Å². The monoisotopic (exact) mass is 285 g/mol. The number of halogens is 1. The molecule has 1 fully saturated rings. The van der Waals surface area contributed by atoms with E-state index in [-0.39, 0.29) is 24.5 Å². The molecule has 0 aromatic rings. The lowest BCUT2D eigenvalue weighted by atomic mass is 10.00. The number of hydrogen-bond donors (Lipinski definition) is 1. The predicted molar refractivity (Wildman–Crippen MR) is 72.5 cm³/mol. The molecule has 0 aromatic heterocycles. The Balaban J connectivity index is 0.00000256. The second kappa shape index (κ2) is 6.89. The molecule has 7 heteroatoms. The van der Waals surface area contributed by atoms with Gasteiger partial charge in [-0.05, 0) is 19.8 Å². The average molecular weight is 286 g/mol. The Labute approximate surface area is 111 Å². The zero-order chi connectivity index (χ0) is 12.3. The largest absolute Gasteiger partial charge is 0.326 e. The van der Waals surface area contributed by atoms with Crippen molar-refractivity contribution in [1.82, 2.24) is 8.61 Å². The minimum absolute atomic E-state index is 0. The second-order valence-corrected chi connectivity index (χ2v) is 6.44. The van der Waals surface area contributed by atoms with Crippen LogP contribution in [-0.4, -0.2) is 49.2 Å². The van der Waals surface area contributed by atoms with Gasteiger partial charge in [0, 0.05) is 32.2 Å². The molecule has 1 aliphatic heterocycles. The van der Waals surface area contributed by atoms with E-state index in [4.69, 9.17) is 5.73 Å². The molecule has 0 aliphatic carbocycles. The molecule has 0 spiro atoms. The third kappa shape index (κ3) is 3.79. The first-order valence-corrected chi connectivity index (χ1v) is 7.29. The van der Waals surface area contributed by atoms with Gasteiger partial charge < -0.3 is 5.73 Å². The third-order valence-electron chi connectivity index (χ3n) is 3.24. The summed E-state index contributed by atoms with van der Waals surface area (Å²) in [5, 5.41) is 0. The molecule has 17 heavy (non-hydrogen) atoms. The summed E-state index contributed by atoms with van der Waals surface area (Å²) in [7, 11) is -1.71. The molecular formula is C10H24ClN3O2S. The van der Waals surface area contributed by atoms with Crippen LogP contribution in [0.15, 0.2) is 0 Å². The molecule has 1 rings (SSSR count). The van der Waals surface area contributed by atoms with E-state index in [1.165, 1.54) is 4.31 Å². The van der Waals surface area contributed by atoms with Crippen LogP contribution in [0.5, 0.6) is 0 Å². The zero-order valence-electron chi connectivity index (χ0n) is 10.8. The van der Waals surface area contributed by atoms with Gasteiger partial charge in [-0.1, -0.05) is 13.3 Å². The van der Waals surface area contributed by atoms with Crippen molar-refractivity contribution < 1.29 is 8.42 Å². The zero-order valence-corrected chi connectivity index (χ0v) is 12.4. The predicted octanol–water partition coefficient (Wildman–Crippen LogP) is 0.806. The summed E-state index contributed by atoms with van der Waals surface area (Å²) < 4.78 is 27.4. The van der Waals surface area contributed by atoms with Crippen molar-refractivity contribution in [1.29, 1.82) is 0 Å². The van der Waals surface area contributed by atoms with Gasteiger partial charge in [0.15, 0.2) is 0 Å². The minimum atomic E-state index is -3.32. The van der Waals surface area contributed by atoms with Gasteiger partial charge in [0.05, 0.1) is 0 Å². The summed E-state index contributed by atoms with van der Waals surface area (Å²) in [4.78, 5) is 0. The molecular weight excluding hydrogens is 262 g/mol. The smallest absolute Gasteiger partial charge is 0.282 e. The Morgan fingerprint density at radius 3 is 2.53 bits per heavy atom. The van der Waals surface area contributed by atoms with Crippen LogP contribution in [-0.2, 0) is 10.2 Å². The highest BCUT2D eigenvalue weighted by Gasteiger charge is 2.35. The molecule has 104 valence electrons. The molecule has 5 nitrogen and oxygen atoms in total. The topological polar surface area (TPSA) is 66.6 Å². The second-order valence-electron chi connectivity index (χ2n) is 4.45. The lowest BCUT2D eigenvalue weighted by molar-refractivity contribution is 0.214. The maximum atomic E-state index is 12.2. The van der Waals surface area contributed by atoms with E-state index < -0.39 is 10.2 Å². The van der Waals surface area contributed by atoms with Gasteiger partial charge in [0.2, 0.25) is 0 Å². The van der Waals surface area contributed by atoms with Gasteiger partial charge in [-0.2, -0.15) is 17.0 Å². The lowest BCUT2D eigenvalue weighted by Gasteiger charge is -2.38. The van der Waals surface area contributed by atoms with Gasteiger partial charge in [-0.15, -0.1) is 12.4 Å². The molecule has 1 saturated heterocycles. The highest BCUT2D eigenvalue weighted by Crippen LogP contribution is 2.23. The summed E-state index contributed by atoms with van der Waals surface area (Å²) in [5.41, 5.74) is 5.87. The SMILES string of the molecule is CCN(C)S(=O)(=O)N1CCCCC1C(C)N.Cl. The van der Waals surface area contributed by atoms with Crippen LogP contribution in [0.4, 0.5) is 0 Å². The van der Waals surface area contributed by atoms with Crippen LogP contribution in [0.1, 0.15) is 33.1 Å². The summed E-state index contributed by atoms with van der Waals surface area (Å²) in [6.45, 7) is 4.80. The van der Waals surface area contributed by atoms with E-state index in [9.17, 15) is 8.42 Å². The van der Waals surface area contributed by atoms with E-state index in [0.29, 0.717) is 13.1 Å². The van der Waals surface area contributed by atoms with Crippen molar-refractivity contribution in [2.75, 3.05) is 20.1 Å². The van der Waals surface area contributed by atoms with E-state index in [1.54, 1.807) is 11.4 Å². The first-order chi connectivity index (χ1) is 7.41. The Morgan fingerprint density at radius 2 is 2.06 bits per heavy atom. The first kappa shape index (κ1) is 17.1. The summed E-state index contributed by atoms with van der Waals surface area (Å²) in [6, 6.07) is -0.159. The number of nitrogens with zero attached hydrogens (tertiary/aromatic N) is 2. The number of rotatable bonds is 4. The van der Waals surface area contributed by atoms with Crippen LogP contribution >= 0.6 is 12.4 Å². The van der Waals surface area contributed by atoms with Crippen LogP contribution in [0.3, 0.4) is 0 Å². The minimum Gasteiger partial charge on any atom is -0.326 e. The Bertz CT molecular complexity index is 322. The molecule has 2 N–H and O–H groups in total. The van der Waals surface area contributed by atoms with E-state index in [1.807, 2.05) is 13.8 Å². The summed E-state index contributed by atoms with van der Waals surface area (Å²) in [5.74, 6) is 0. The Kier molecular flexibility index (Phi) is 6.94. The molecule has 0 bridgehead atoms. The number of hydrogen-bond acceptors (Lipinski definition) is 3. The maximum absolute atomic E-state index is 12.2. The first-order valence-electron chi connectivity index (χ1n) is 5.90. The van der Waals surface area contributed by atoms with Crippen molar-refractivity contribution >= 4 is 22.6 Å². The van der Waals surface area contributed by atoms with Crippen molar-refractivity contribution in [3.8, 4) is 0 Å². The summed E-state index contributed by atoms with van der Waals surface area (Å²) >= 11 is 0. The van der Waals surface area contributed by atoms with Gasteiger partial charge >= 0.3 is 0 Å². The van der Waals surface area contributed by atoms with Crippen LogP contribution < -0.4 is 5.73 Å². The van der Waals surface area contributed by atoms with Crippen molar-refractivity contribution in [2.24, 2.45) is 5.73 Å². The molecule has 0 amide bonds. The normalized spacial score (nSPS) is 24.4. The number of nitrogens with two attached hydrogens (primary N) is 1. The molecule has 0 radical (unpaired) electrons.